The second-order valence-electron chi connectivity index (χ2n) is 8.09. The van der Waals surface area contributed by atoms with Gasteiger partial charge in [0, 0.05) is 6.04 Å². The molecule has 9 nitrogen and oxygen atoms in total. The van der Waals surface area contributed by atoms with Crippen molar-refractivity contribution in [2.45, 2.75) is 51.6 Å². The Morgan fingerprint density at radius 2 is 1.75 bits per heavy atom. The first-order valence-corrected chi connectivity index (χ1v) is 10.5. The van der Waals surface area contributed by atoms with Crippen LogP contribution in [0.4, 0.5) is 0 Å². The molecule has 32 heavy (non-hydrogen) atoms. The minimum atomic E-state index is -1.30. The number of hydrogen-bond donors (Lipinski definition) is 3. The molecular formula is C23H27N3O6. The molecule has 0 bridgehead atoms. The van der Waals surface area contributed by atoms with Crippen molar-refractivity contribution in [1.82, 2.24) is 14.5 Å². The summed E-state index contributed by atoms with van der Waals surface area (Å²) in [4.78, 5) is 49.8. The molecule has 1 heterocycles. The molecule has 0 saturated heterocycles. The number of carbonyl (C=O) groups excluding carboxylic acids is 1. The molecule has 3 rings (SSSR count). The van der Waals surface area contributed by atoms with E-state index in [0.29, 0.717) is 18.4 Å². The molecule has 0 radical (unpaired) electrons. The molecule has 1 aromatic heterocycles. The van der Waals surface area contributed by atoms with E-state index in [0.717, 1.165) is 39.5 Å². The Balaban J connectivity index is 2.12. The summed E-state index contributed by atoms with van der Waals surface area (Å²) in [5, 5.41) is 21.7. The lowest BCUT2D eigenvalue weighted by Crippen LogP contribution is -2.47. The van der Waals surface area contributed by atoms with Gasteiger partial charge in [-0.1, -0.05) is 55.7 Å². The fourth-order valence-electron chi connectivity index (χ4n) is 3.98. The Hall–Kier alpha value is -3.62. The van der Waals surface area contributed by atoms with Crippen LogP contribution in [0.5, 0.6) is 5.88 Å². The van der Waals surface area contributed by atoms with Gasteiger partial charge in [-0.15, -0.1) is 0 Å². The fraction of sp³-hybridized carbons (Fsp3) is 0.391. The van der Waals surface area contributed by atoms with E-state index in [1.54, 1.807) is 12.1 Å². The van der Waals surface area contributed by atoms with Crippen LogP contribution in [0.2, 0.25) is 0 Å². The van der Waals surface area contributed by atoms with Crippen LogP contribution in [-0.2, 0) is 11.3 Å². The van der Waals surface area contributed by atoms with Gasteiger partial charge in [0.15, 0.2) is 5.56 Å². The molecule has 1 aromatic carbocycles. The van der Waals surface area contributed by atoms with Crippen LogP contribution in [0, 0.1) is 0 Å². The first-order valence-electron chi connectivity index (χ1n) is 10.5. The lowest BCUT2D eigenvalue weighted by atomic mass is 9.95. The second kappa shape index (κ2) is 9.67. The molecule has 9 heteroatoms. The maximum atomic E-state index is 13.3. The van der Waals surface area contributed by atoms with Crippen LogP contribution < -0.4 is 16.6 Å². The molecule has 1 amide bonds. The average molecular weight is 441 g/mol. The van der Waals surface area contributed by atoms with Gasteiger partial charge < -0.3 is 15.5 Å². The third kappa shape index (κ3) is 4.82. The zero-order valence-electron chi connectivity index (χ0n) is 18.0. The molecule has 1 aliphatic rings. The van der Waals surface area contributed by atoms with E-state index in [9.17, 15) is 24.3 Å². The van der Waals surface area contributed by atoms with Gasteiger partial charge >= 0.3 is 11.7 Å². The van der Waals surface area contributed by atoms with Crippen LogP contribution in [0.15, 0.2) is 40.4 Å². The number of carbonyl (C=O) groups is 2. The average Bonchev–Trinajstić information content (AvgIpc) is 2.76. The zero-order valence-corrected chi connectivity index (χ0v) is 18.0. The van der Waals surface area contributed by atoms with Crippen molar-refractivity contribution in [1.29, 1.82) is 0 Å². The summed E-state index contributed by atoms with van der Waals surface area (Å²) < 4.78 is 2.03. The highest BCUT2D eigenvalue weighted by atomic mass is 16.4. The highest BCUT2D eigenvalue weighted by molar-refractivity contribution is 5.97. The van der Waals surface area contributed by atoms with Crippen molar-refractivity contribution in [3.05, 3.63) is 68.4 Å². The molecule has 0 aliphatic heterocycles. The van der Waals surface area contributed by atoms with E-state index in [4.69, 9.17) is 5.11 Å². The van der Waals surface area contributed by atoms with E-state index in [1.807, 2.05) is 19.1 Å². The minimum Gasteiger partial charge on any atom is -0.494 e. The summed E-state index contributed by atoms with van der Waals surface area (Å²) in [6.07, 6.45) is 3.92. The van der Waals surface area contributed by atoms with Gasteiger partial charge in [-0.3, -0.25) is 23.5 Å². The van der Waals surface area contributed by atoms with Crippen LogP contribution in [0.1, 0.15) is 66.6 Å². The van der Waals surface area contributed by atoms with Crippen molar-refractivity contribution >= 4 is 17.4 Å². The van der Waals surface area contributed by atoms with E-state index in [-0.39, 0.29) is 12.6 Å². The number of aromatic hydroxyl groups is 1. The number of carboxylic acids is 1. The number of amides is 1. The number of benzene rings is 1. The number of hydrogen-bond acceptors (Lipinski definition) is 5. The normalized spacial score (nSPS) is 14.2. The monoisotopic (exact) mass is 441 g/mol. The summed E-state index contributed by atoms with van der Waals surface area (Å²) in [5.41, 5.74) is 0.244. The molecule has 0 unspecified atom stereocenters. The lowest BCUT2D eigenvalue weighted by Gasteiger charge is -2.25. The topological polar surface area (TPSA) is 131 Å². The van der Waals surface area contributed by atoms with Crippen molar-refractivity contribution in [3.8, 4) is 5.88 Å². The second-order valence-corrected chi connectivity index (χ2v) is 8.09. The Morgan fingerprint density at radius 1 is 1.12 bits per heavy atom. The van der Waals surface area contributed by atoms with Crippen LogP contribution in [-0.4, -0.2) is 37.8 Å². The number of nitrogens with zero attached hydrogens (tertiary/aromatic N) is 2. The molecule has 1 fully saturated rings. The smallest absolute Gasteiger partial charge is 0.334 e. The molecular weight excluding hydrogens is 414 g/mol. The van der Waals surface area contributed by atoms with Gasteiger partial charge in [0.2, 0.25) is 5.88 Å². The van der Waals surface area contributed by atoms with Gasteiger partial charge in [0.1, 0.15) is 6.54 Å². The number of rotatable bonds is 7. The van der Waals surface area contributed by atoms with Crippen molar-refractivity contribution < 1.29 is 19.8 Å². The van der Waals surface area contributed by atoms with E-state index in [2.05, 4.69) is 11.9 Å². The van der Waals surface area contributed by atoms with Crippen LogP contribution in [0.3, 0.4) is 0 Å². The summed E-state index contributed by atoms with van der Waals surface area (Å²) in [5.74, 6) is -3.11. The van der Waals surface area contributed by atoms with Crippen molar-refractivity contribution in [3.63, 3.8) is 0 Å². The van der Waals surface area contributed by atoms with Gasteiger partial charge in [0.25, 0.3) is 11.5 Å². The Morgan fingerprint density at radius 3 is 2.31 bits per heavy atom. The summed E-state index contributed by atoms with van der Waals surface area (Å²) in [6.45, 7) is 4.97. The van der Waals surface area contributed by atoms with Gasteiger partial charge in [0.05, 0.1) is 6.54 Å². The Kier molecular flexibility index (Phi) is 6.97. The van der Waals surface area contributed by atoms with Gasteiger partial charge in [-0.25, -0.2) is 4.79 Å². The quantitative estimate of drug-likeness (QED) is 0.603. The van der Waals surface area contributed by atoms with E-state index < -0.39 is 41.1 Å². The highest BCUT2D eigenvalue weighted by Gasteiger charge is 2.28. The SMILES string of the molecule is C=C(C)c1ccc(Cn2c(O)c(C(=O)NCC(=O)O)c(=O)n(C3CCCCC3)c2=O)cc1. The van der Waals surface area contributed by atoms with Gasteiger partial charge in [-0.2, -0.15) is 0 Å². The summed E-state index contributed by atoms with van der Waals surface area (Å²) in [6, 6.07) is 6.83. The minimum absolute atomic E-state index is 0.0622. The first-order chi connectivity index (χ1) is 15.2. The van der Waals surface area contributed by atoms with Crippen LogP contribution >= 0.6 is 0 Å². The Bertz CT molecular complexity index is 1150. The molecule has 0 atom stereocenters. The third-order valence-electron chi connectivity index (χ3n) is 5.70. The largest absolute Gasteiger partial charge is 0.494 e. The number of allylic oxidation sites excluding steroid dienone is 1. The molecule has 3 N–H and O–H groups in total. The fourth-order valence-corrected chi connectivity index (χ4v) is 3.98. The zero-order chi connectivity index (χ0) is 23.4. The lowest BCUT2D eigenvalue weighted by molar-refractivity contribution is -0.135. The predicted octanol–water partition coefficient (Wildman–Crippen LogP) is 2.12. The number of nitrogens with one attached hydrogen (secondary N) is 1. The molecule has 170 valence electrons. The third-order valence-corrected chi connectivity index (χ3v) is 5.70. The van der Waals surface area contributed by atoms with Gasteiger partial charge in [-0.05, 0) is 30.9 Å². The van der Waals surface area contributed by atoms with Crippen molar-refractivity contribution in [2.75, 3.05) is 6.54 Å². The maximum Gasteiger partial charge on any atom is 0.334 e. The number of aromatic nitrogens is 2. The van der Waals surface area contributed by atoms with Crippen LogP contribution in [0.25, 0.3) is 5.57 Å². The standard InChI is InChI=1S/C23H27N3O6/c1-14(2)16-10-8-15(9-11-16)13-25-21(30)19(20(29)24-12-18(27)28)22(31)26(23(25)32)17-6-4-3-5-7-17/h8-11,17,30H,1,3-7,12-13H2,2H3,(H,24,29)(H,27,28). The molecule has 0 spiro atoms. The predicted molar refractivity (Wildman–Crippen MR) is 119 cm³/mol. The van der Waals surface area contributed by atoms with E-state index >= 15 is 0 Å². The maximum absolute atomic E-state index is 13.3. The molecule has 1 saturated carbocycles. The first kappa shape index (κ1) is 23.1. The van der Waals surface area contributed by atoms with E-state index in [1.165, 1.54) is 0 Å². The number of carboxylic acid groups (broad SMARTS) is 1. The summed E-state index contributed by atoms with van der Waals surface area (Å²) >= 11 is 0. The molecule has 2 aromatic rings. The Labute approximate surface area is 184 Å². The van der Waals surface area contributed by atoms with Crippen molar-refractivity contribution in [2.24, 2.45) is 0 Å². The number of aliphatic carboxylic acids is 1. The summed E-state index contributed by atoms with van der Waals surface area (Å²) in [7, 11) is 0. The molecule has 1 aliphatic carbocycles. The highest BCUT2D eigenvalue weighted by Crippen LogP contribution is 2.27.